The third kappa shape index (κ3) is 4.92. The molecule has 0 saturated carbocycles. The normalized spacial score (nSPS) is 11.6. The number of aryl methyl sites for hydroxylation is 1. The van der Waals surface area contributed by atoms with Crippen molar-refractivity contribution in [3.63, 3.8) is 0 Å². The summed E-state index contributed by atoms with van der Waals surface area (Å²) in [5.74, 6) is -0.610. The summed E-state index contributed by atoms with van der Waals surface area (Å²) in [7, 11) is -4.00. The van der Waals surface area contributed by atoms with E-state index in [4.69, 9.17) is 0 Å². The van der Waals surface area contributed by atoms with Crippen molar-refractivity contribution in [2.45, 2.75) is 11.8 Å². The van der Waals surface area contributed by atoms with E-state index in [0.717, 1.165) is 20.6 Å². The highest BCUT2D eigenvalue weighted by atomic mass is 32.2. The number of nitrogens with zero attached hydrogens (tertiary/aromatic N) is 2. The maximum atomic E-state index is 13.3. The van der Waals surface area contributed by atoms with Gasteiger partial charge >= 0.3 is 0 Å². The number of nitrogens with one attached hydrogen (secondary N) is 1. The minimum Gasteiger partial charge on any atom is -0.507 e. The molecule has 4 aromatic carbocycles. The summed E-state index contributed by atoms with van der Waals surface area (Å²) in [5.41, 5.74) is 4.05. The molecule has 0 radical (unpaired) electrons. The van der Waals surface area contributed by atoms with Gasteiger partial charge in [0.1, 0.15) is 12.3 Å². The van der Waals surface area contributed by atoms with Crippen LogP contribution in [0.5, 0.6) is 5.75 Å². The largest absolute Gasteiger partial charge is 0.507 e. The summed E-state index contributed by atoms with van der Waals surface area (Å²) in [6.45, 7) is 1.37. The van der Waals surface area contributed by atoms with E-state index in [1.165, 1.54) is 18.3 Å². The van der Waals surface area contributed by atoms with Crippen molar-refractivity contribution in [2.24, 2.45) is 5.10 Å². The Hall–Kier alpha value is -4.17. The van der Waals surface area contributed by atoms with E-state index in [-0.39, 0.29) is 10.6 Å². The molecule has 7 nitrogen and oxygen atoms in total. The predicted molar refractivity (Wildman–Crippen MR) is 134 cm³/mol. The van der Waals surface area contributed by atoms with Gasteiger partial charge in [-0.1, -0.05) is 60.7 Å². The molecule has 0 fully saturated rings. The first kappa shape index (κ1) is 23.0. The molecule has 8 heteroatoms. The smallest absolute Gasteiger partial charge is 0.264 e. The molecule has 0 bridgehead atoms. The van der Waals surface area contributed by atoms with Crippen LogP contribution in [0.2, 0.25) is 0 Å². The molecule has 1 amide bonds. The number of anilines is 1. The zero-order valence-electron chi connectivity index (χ0n) is 18.4. The molecule has 0 aromatic heterocycles. The Balaban J connectivity index is 1.59. The van der Waals surface area contributed by atoms with Gasteiger partial charge in [-0.15, -0.1) is 0 Å². The summed E-state index contributed by atoms with van der Waals surface area (Å²) in [4.78, 5) is 12.8. The molecule has 0 aliphatic carbocycles. The van der Waals surface area contributed by atoms with Crippen LogP contribution in [-0.2, 0) is 14.8 Å². The van der Waals surface area contributed by atoms with Gasteiger partial charge in [-0.3, -0.25) is 9.10 Å². The molecular weight excluding hydrogens is 450 g/mol. The number of benzene rings is 4. The number of fused-ring (bicyclic) bond motifs is 1. The fourth-order valence-corrected chi connectivity index (χ4v) is 5.01. The van der Waals surface area contributed by atoms with Gasteiger partial charge in [-0.2, -0.15) is 5.10 Å². The lowest BCUT2D eigenvalue weighted by Crippen LogP contribution is -2.39. The summed E-state index contributed by atoms with van der Waals surface area (Å²) in [6.07, 6.45) is 1.35. The predicted octanol–water partition coefficient (Wildman–Crippen LogP) is 4.20. The molecular formula is C26H23N3O4S. The Kier molecular flexibility index (Phi) is 6.60. The Bertz CT molecular complexity index is 1470. The highest BCUT2D eigenvalue weighted by molar-refractivity contribution is 7.92. The lowest BCUT2D eigenvalue weighted by Gasteiger charge is -2.24. The van der Waals surface area contributed by atoms with Gasteiger partial charge in [0.25, 0.3) is 15.9 Å². The summed E-state index contributed by atoms with van der Waals surface area (Å²) in [5, 5.41) is 15.9. The fraction of sp³-hybridized carbons (Fsp3) is 0.0769. The van der Waals surface area contributed by atoms with Crippen molar-refractivity contribution < 1.29 is 18.3 Å². The number of hydrogen-bond acceptors (Lipinski definition) is 5. The van der Waals surface area contributed by atoms with E-state index in [0.29, 0.717) is 11.3 Å². The number of amides is 1. The number of phenols is 1. The van der Waals surface area contributed by atoms with Crippen molar-refractivity contribution in [1.29, 1.82) is 0 Å². The third-order valence-electron chi connectivity index (χ3n) is 5.24. The highest BCUT2D eigenvalue weighted by Crippen LogP contribution is 2.26. The number of phenolic OH excluding ortho intramolecular Hbond substituents is 1. The molecule has 0 heterocycles. The van der Waals surface area contributed by atoms with Crippen LogP contribution in [0.25, 0.3) is 10.8 Å². The van der Waals surface area contributed by atoms with Gasteiger partial charge in [-0.05, 0) is 53.6 Å². The first-order valence-corrected chi connectivity index (χ1v) is 12.0. The number of carbonyl (C=O) groups excluding carboxylic acids is 1. The Morgan fingerprint density at radius 1 is 0.971 bits per heavy atom. The number of rotatable bonds is 7. The number of aromatic hydroxyl groups is 1. The van der Waals surface area contributed by atoms with Crippen molar-refractivity contribution >= 4 is 38.6 Å². The first-order valence-electron chi connectivity index (χ1n) is 10.5. The van der Waals surface area contributed by atoms with Crippen molar-refractivity contribution in [3.05, 3.63) is 102 Å². The van der Waals surface area contributed by atoms with Crippen LogP contribution in [0.3, 0.4) is 0 Å². The van der Waals surface area contributed by atoms with Crippen molar-refractivity contribution in [2.75, 3.05) is 10.8 Å². The van der Waals surface area contributed by atoms with Crippen LogP contribution >= 0.6 is 0 Å². The lowest BCUT2D eigenvalue weighted by atomic mass is 10.0. The molecule has 0 aliphatic rings. The summed E-state index contributed by atoms with van der Waals surface area (Å²) >= 11 is 0. The molecule has 0 aliphatic heterocycles. The van der Waals surface area contributed by atoms with Crippen LogP contribution in [0, 0.1) is 6.92 Å². The fourth-order valence-electron chi connectivity index (χ4n) is 3.57. The van der Waals surface area contributed by atoms with Crippen LogP contribution in [0.15, 0.2) is 101 Å². The molecule has 34 heavy (non-hydrogen) atoms. The molecule has 0 spiro atoms. The zero-order chi connectivity index (χ0) is 24.1. The average Bonchev–Trinajstić information content (AvgIpc) is 2.84. The van der Waals surface area contributed by atoms with Gasteiger partial charge in [0, 0.05) is 5.56 Å². The Morgan fingerprint density at radius 3 is 2.47 bits per heavy atom. The number of hydrogen-bond donors (Lipinski definition) is 2. The van der Waals surface area contributed by atoms with Gasteiger partial charge < -0.3 is 5.11 Å². The molecule has 0 saturated heterocycles. The summed E-state index contributed by atoms with van der Waals surface area (Å²) in [6, 6.07) is 25.7. The zero-order valence-corrected chi connectivity index (χ0v) is 19.2. The molecule has 0 atom stereocenters. The third-order valence-corrected chi connectivity index (χ3v) is 7.03. The number of hydrazone groups is 1. The molecule has 2 N–H and O–H groups in total. The molecule has 4 rings (SSSR count). The minimum atomic E-state index is -4.00. The van der Waals surface area contributed by atoms with Gasteiger partial charge in [0.2, 0.25) is 0 Å². The second kappa shape index (κ2) is 9.76. The van der Waals surface area contributed by atoms with Gasteiger partial charge in [-0.25, -0.2) is 13.8 Å². The van der Waals surface area contributed by atoms with Crippen LogP contribution < -0.4 is 9.73 Å². The SMILES string of the molecule is Cc1cccc(N(CC(=O)N/N=C\c2c(O)ccc3ccccc23)S(=O)(=O)c2ccccc2)c1. The van der Waals surface area contributed by atoms with Gasteiger partial charge in [0.15, 0.2) is 0 Å². The molecule has 0 unspecified atom stereocenters. The van der Waals surface area contributed by atoms with Crippen molar-refractivity contribution in [1.82, 2.24) is 5.43 Å². The van der Waals surface area contributed by atoms with E-state index in [1.54, 1.807) is 48.5 Å². The molecule has 4 aromatic rings. The van der Waals surface area contributed by atoms with E-state index in [9.17, 15) is 18.3 Å². The average molecular weight is 474 g/mol. The van der Waals surface area contributed by atoms with E-state index < -0.39 is 22.5 Å². The summed E-state index contributed by atoms with van der Waals surface area (Å²) < 4.78 is 27.7. The van der Waals surface area contributed by atoms with E-state index >= 15 is 0 Å². The monoisotopic (exact) mass is 473 g/mol. The maximum Gasteiger partial charge on any atom is 0.264 e. The standard InChI is InChI=1S/C26H23N3O4S/c1-19-8-7-10-21(16-19)29(34(32,33)22-11-3-2-4-12-22)18-26(31)28-27-17-24-23-13-6-5-9-20(23)14-15-25(24)30/h2-17,30H,18H2,1H3,(H,28,31)/b27-17-. The van der Waals surface area contributed by atoms with E-state index in [1.807, 2.05) is 37.3 Å². The Labute approximate surface area is 198 Å². The number of sulfonamides is 1. The lowest BCUT2D eigenvalue weighted by molar-refractivity contribution is -0.119. The maximum absolute atomic E-state index is 13.3. The Morgan fingerprint density at radius 2 is 1.71 bits per heavy atom. The quantitative estimate of drug-likeness (QED) is 0.310. The first-order chi connectivity index (χ1) is 16.4. The van der Waals surface area contributed by atoms with Crippen LogP contribution in [-0.4, -0.2) is 32.2 Å². The number of carbonyl (C=O) groups is 1. The van der Waals surface area contributed by atoms with Gasteiger partial charge in [0.05, 0.1) is 16.8 Å². The van der Waals surface area contributed by atoms with E-state index in [2.05, 4.69) is 10.5 Å². The second-order valence-electron chi connectivity index (χ2n) is 7.68. The van der Waals surface area contributed by atoms with Crippen molar-refractivity contribution in [3.8, 4) is 5.75 Å². The van der Waals surface area contributed by atoms with Crippen LogP contribution in [0.1, 0.15) is 11.1 Å². The topological polar surface area (TPSA) is 99.1 Å². The molecule has 172 valence electrons. The minimum absolute atomic E-state index is 0.0183. The second-order valence-corrected chi connectivity index (χ2v) is 9.54. The van der Waals surface area contributed by atoms with Crippen LogP contribution in [0.4, 0.5) is 5.69 Å². The highest BCUT2D eigenvalue weighted by Gasteiger charge is 2.27.